The summed E-state index contributed by atoms with van der Waals surface area (Å²) in [5, 5.41) is 0.442. The van der Waals surface area contributed by atoms with E-state index < -0.39 is 15.9 Å². The van der Waals surface area contributed by atoms with Crippen LogP contribution in [0, 0.1) is 0 Å². The molecule has 1 heterocycles. The molecular formula is C18H21ClN2O3S. The van der Waals surface area contributed by atoms with Gasteiger partial charge in [0.1, 0.15) is 0 Å². The summed E-state index contributed by atoms with van der Waals surface area (Å²) < 4.78 is 23.9. The molecule has 0 aliphatic carbocycles. The number of sulfonamides is 1. The topological polar surface area (TPSA) is 67.3 Å². The molecule has 0 saturated carbocycles. The Morgan fingerprint density at radius 2 is 1.80 bits per heavy atom. The molecule has 0 atom stereocenters. The first-order valence-electron chi connectivity index (χ1n) is 7.67. The molecule has 1 aromatic heterocycles. The molecule has 2 rings (SSSR count). The normalized spacial score (nSPS) is 12.1. The van der Waals surface area contributed by atoms with E-state index in [4.69, 9.17) is 11.6 Å². The predicted octanol–water partition coefficient (Wildman–Crippen LogP) is 3.73. The highest BCUT2D eigenvalue weighted by Gasteiger charge is 2.22. The third kappa shape index (κ3) is 4.38. The summed E-state index contributed by atoms with van der Waals surface area (Å²) >= 11 is 6.29. The van der Waals surface area contributed by atoms with Crippen LogP contribution in [0.4, 0.5) is 0 Å². The molecule has 0 aliphatic rings. The second-order valence-corrected chi connectivity index (χ2v) is 9.31. The largest absolute Gasteiger partial charge is 0.268 e. The molecule has 0 radical (unpaired) electrons. The zero-order valence-corrected chi connectivity index (χ0v) is 16.4. The van der Waals surface area contributed by atoms with Crippen molar-refractivity contribution in [1.82, 2.24) is 9.29 Å². The molecule has 0 fully saturated rings. The average Bonchev–Trinajstić information content (AvgIpc) is 2.52. The van der Waals surface area contributed by atoms with Crippen molar-refractivity contribution in [3.05, 3.63) is 52.7 Å². The highest BCUT2D eigenvalue weighted by atomic mass is 35.5. The molecule has 25 heavy (non-hydrogen) atoms. The molecular weight excluding hydrogens is 360 g/mol. The smallest absolute Gasteiger partial charge is 0.267 e. The van der Waals surface area contributed by atoms with Gasteiger partial charge in [-0.05, 0) is 30.3 Å². The van der Waals surface area contributed by atoms with Crippen LogP contribution in [0.25, 0.3) is 11.3 Å². The van der Waals surface area contributed by atoms with Crippen molar-refractivity contribution in [2.45, 2.75) is 26.2 Å². The molecule has 0 aliphatic heterocycles. The second kappa shape index (κ2) is 6.77. The fourth-order valence-electron chi connectivity index (χ4n) is 2.19. The van der Waals surface area contributed by atoms with Crippen molar-refractivity contribution in [3.8, 4) is 11.3 Å². The molecule has 2 aromatic rings. The first-order valence-corrected chi connectivity index (χ1v) is 9.89. The molecule has 1 aromatic carbocycles. The van der Waals surface area contributed by atoms with Gasteiger partial charge < -0.3 is 0 Å². The SMILES string of the molecule is CN(C(=O)c1ccc(Cl)c(-c2cccc(C(C)(C)C)n2)c1)S(C)(=O)=O. The summed E-state index contributed by atoms with van der Waals surface area (Å²) in [5.41, 5.74) is 2.21. The number of pyridine rings is 1. The standard InChI is InChI=1S/C18H21ClN2O3S/c1-18(2,3)16-8-6-7-15(20-16)13-11-12(9-10-14(13)19)17(22)21(4)25(5,23)24/h6-11H,1-5H3. The van der Waals surface area contributed by atoms with E-state index in [0.29, 0.717) is 20.6 Å². The molecule has 0 N–H and O–H groups in total. The zero-order chi connectivity index (χ0) is 19.0. The maximum absolute atomic E-state index is 12.4. The summed E-state index contributed by atoms with van der Waals surface area (Å²) in [7, 11) is -2.40. The van der Waals surface area contributed by atoms with E-state index in [1.807, 2.05) is 18.2 Å². The van der Waals surface area contributed by atoms with E-state index in [2.05, 4.69) is 25.8 Å². The molecule has 7 heteroatoms. The Labute approximate surface area is 153 Å². The van der Waals surface area contributed by atoms with E-state index >= 15 is 0 Å². The van der Waals surface area contributed by atoms with Gasteiger partial charge in [-0.25, -0.2) is 12.7 Å². The minimum atomic E-state index is -3.63. The van der Waals surface area contributed by atoms with Crippen LogP contribution in [0.15, 0.2) is 36.4 Å². The van der Waals surface area contributed by atoms with Crippen LogP contribution < -0.4 is 0 Å². The fraction of sp³-hybridized carbons (Fsp3) is 0.333. The van der Waals surface area contributed by atoms with Crippen molar-refractivity contribution in [1.29, 1.82) is 0 Å². The van der Waals surface area contributed by atoms with Crippen LogP contribution in [0.5, 0.6) is 0 Å². The van der Waals surface area contributed by atoms with Crippen LogP contribution >= 0.6 is 11.6 Å². The summed E-state index contributed by atoms with van der Waals surface area (Å²) in [6.45, 7) is 6.17. The Kier molecular flexibility index (Phi) is 5.25. The van der Waals surface area contributed by atoms with E-state index in [1.54, 1.807) is 12.1 Å². The minimum absolute atomic E-state index is 0.133. The number of amides is 1. The monoisotopic (exact) mass is 380 g/mol. The highest BCUT2D eigenvalue weighted by molar-refractivity contribution is 7.88. The first kappa shape index (κ1) is 19.4. The zero-order valence-electron chi connectivity index (χ0n) is 14.9. The minimum Gasteiger partial charge on any atom is -0.268 e. The number of halogens is 1. The quantitative estimate of drug-likeness (QED) is 0.813. The third-order valence-corrected chi connectivity index (χ3v) is 5.28. The van der Waals surface area contributed by atoms with Gasteiger partial charge in [-0.3, -0.25) is 9.78 Å². The number of aromatic nitrogens is 1. The van der Waals surface area contributed by atoms with Crippen LogP contribution in [0.1, 0.15) is 36.8 Å². The molecule has 0 saturated heterocycles. The highest BCUT2D eigenvalue weighted by Crippen LogP contribution is 2.30. The van der Waals surface area contributed by atoms with Crippen LogP contribution in [0.3, 0.4) is 0 Å². The van der Waals surface area contributed by atoms with Gasteiger partial charge in [0, 0.05) is 29.3 Å². The van der Waals surface area contributed by atoms with Crippen LogP contribution in [-0.2, 0) is 15.4 Å². The van der Waals surface area contributed by atoms with Gasteiger partial charge in [-0.15, -0.1) is 0 Å². The lowest BCUT2D eigenvalue weighted by Gasteiger charge is -2.19. The number of carbonyl (C=O) groups is 1. The Hall–Kier alpha value is -1.92. The Bertz CT molecular complexity index is 918. The lowest BCUT2D eigenvalue weighted by Crippen LogP contribution is -2.32. The van der Waals surface area contributed by atoms with E-state index in [-0.39, 0.29) is 11.0 Å². The first-order chi connectivity index (χ1) is 11.4. The van der Waals surface area contributed by atoms with E-state index in [9.17, 15) is 13.2 Å². The van der Waals surface area contributed by atoms with Gasteiger partial charge in [0.25, 0.3) is 5.91 Å². The van der Waals surface area contributed by atoms with Crippen LogP contribution in [0.2, 0.25) is 5.02 Å². The van der Waals surface area contributed by atoms with Crippen molar-refractivity contribution in [2.24, 2.45) is 0 Å². The Morgan fingerprint density at radius 1 is 1.16 bits per heavy atom. The molecule has 1 amide bonds. The van der Waals surface area contributed by atoms with Gasteiger partial charge in [-0.1, -0.05) is 38.4 Å². The van der Waals surface area contributed by atoms with Crippen molar-refractivity contribution < 1.29 is 13.2 Å². The Balaban J connectivity index is 2.53. The lowest BCUT2D eigenvalue weighted by atomic mass is 9.91. The third-order valence-electron chi connectivity index (χ3n) is 3.79. The predicted molar refractivity (Wildman–Crippen MR) is 100 cm³/mol. The Morgan fingerprint density at radius 3 is 2.36 bits per heavy atom. The summed E-state index contributed by atoms with van der Waals surface area (Å²) in [5.74, 6) is -0.618. The molecule has 0 bridgehead atoms. The van der Waals surface area contributed by atoms with Crippen molar-refractivity contribution >= 4 is 27.5 Å². The number of benzene rings is 1. The molecule has 5 nitrogen and oxygen atoms in total. The number of nitrogens with zero attached hydrogens (tertiary/aromatic N) is 2. The summed E-state index contributed by atoms with van der Waals surface area (Å²) in [6.07, 6.45) is 0.982. The molecule has 0 unspecified atom stereocenters. The van der Waals surface area contributed by atoms with Gasteiger partial charge >= 0.3 is 0 Å². The number of hydrogen-bond acceptors (Lipinski definition) is 4. The fourth-order valence-corrected chi connectivity index (χ4v) is 2.81. The van der Waals surface area contributed by atoms with Crippen molar-refractivity contribution in [3.63, 3.8) is 0 Å². The van der Waals surface area contributed by atoms with Gasteiger partial charge in [0.15, 0.2) is 0 Å². The van der Waals surface area contributed by atoms with Gasteiger partial charge in [0.05, 0.1) is 17.0 Å². The van der Waals surface area contributed by atoms with Gasteiger partial charge in [0.2, 0.25) is 10.0 Å². The number of carbonyl (C=O) groups excluding carboxylic acids is 1. The van der Waals surface area contributed by atoms with E-state index in [0.717, 1.165) is 11.9 Å². The number of hydrogen-bond donors (Lipinski definition) is 0. The summed E-state index contributed by atoms with van der Waals surface area (Å²) in [6, 6.07) is 10.3. The molecule has 134 valence electrons. The van der Waals surface area contributed by atoms with E-state index in [1.165, 1.54) is 13.1 Å². The molecule has 0 spiro atoms. The number of rotatable bonds is 3. The maximum atomic E-state index is 12.4. The second-order valence-electron chi connectivity index (χ2n) is 6.89. The summed E-state index contributed by atoms with van der Waals surface area (Å²) in [4.78, 5) is 17.0. The van der Waals surface area contributed by atoms with Crippen molar-refractivity contribution in [2.75, 3.05) is 13.3 Å². The van der Waals surface area contributed by atoms with Gasteiger partial charge in [-0.2, -0.15) is 0 Å². The maximum Gasteiger partial charge on any atom is 0.267 e. The average molecular weight is 381 g/mol. The lowest BCUT2D eigenvalue weighted by molar-refractivity contribution is 0.0884. The van der Waals surface area contributed by atoms with Crippen LogP contribution in [-0.4, -0.2) is 36.9 Å².